The molecule has 1 aromatic heterocycles. The predicted molar refractivity (Wildman–Crippen MR) is 145 cm³/mol. The van der Waals surface area contributed by atoms with Gasteiger partial charge in [-0.2, -0.15) is 0 Å². The van der Waals surface area contributed by atoms with Crippen LogP contribution in [0, 0.1) is 0 Å². The number of rotatable bonds is 9. The van der Waals surface area contributed by atoms with Gasteiger partial charge in [-0.15, -0.1) is 0 Å². The van der Waals surface area contributed by atoms with Crippen molar-refractivity contribution >= 4 is 5.95 Å². The summed E-state index contributed by atoms with van der Waals surface area (Å²) in [5.41, 5.74) is 5.86. The molecule has 0 amide bonds. The molecule has 2 heterocycles. The van der Waals surface area contributed by atoms with Gasteiger partial charge in [-0.05, 0) is 53.8 Å². The van der Waals surface area contributed by atoms with Gasteiger partial charge in [-0.25, -0.2) is 9.97 Å². The van der Waals surface area contributed by atoms with E-state index < -0.39 is 0 Å². The molecule has 6 nitrogen and oxygen atoms in total. The average molecular weight is 480 g/mol. The van der Waals surface area contributed by atoms with E-state index >= 15 is 0 Å². The van der Waals surface area contributed by atoms with E-state index in [1.807, 2.05) is 24.4 Å². The Morgan fingerprint density at radius 1 is 0.917 bits per heavy atom. The first-order valence-electron chi connectivity index (χ1n) is 12.6. The summed E-state index contributed by atoms with van der Waals surface area (Å²) < 4.78 is 0. The third-order valence-corrected chi connectivity index (χ3v) is 6.58. The maximum absolute atomic E-state index is 9.44. The molecule has 36 heavy (non-hydrogen) atoms. The molecule has 4 aromatic rings. The highest BCUT2D eigenvalue weighted by Crippen LogP contribution is 2.21. The standard InChI is InChI=1S/C30H33N5O/c36-28-11-9-23(10-12-28)13-15-32-30-33-16-14-29(34-30)26-8-4-7-25(19-26)21-35-18-17-31-27(22-35)20-24-5-2-1-3-6-24/h1-12,14,16,19,27,31,36H,13,15,17-18,20-22H2,(H,32,33,34). The average Bonchev–Trinajstić information content (AvgIpc) is 2.91. The summed E-state index contributed by atoms with van der Waals surface area (Å²) in [5, 5.41) is 16.4. The highest BCUT2D eigenvalue weighted by atomic mass is 16.3. The van der Waals surface area contributed by atoms with Crippen LogP contribution in [0.5, 0.6) is 5.75 Å². The molecular weight excluding hydrogens is 446 g/mol. The van der Waals surface area contributed by atoms with Gasteiger partial charge in [0.05, 0.1) is 5.69 Å². The summed E-state index contributed by atoms with van der Waals surface area (Å²) in [5.74, 6) is 0.913. The minimum Gasteiger partial charge on any atom is -0.508 e. The fourth-order valence-electron chi connectivity index (χ4n) is 4.75. The molecule has 1 fully saturated rings. The predicted octanol–water partition coefficient (Wildman–Crippen LogP) is 4.52. The molecule has 1 aliphatic rings. The van der Waals surface area contributed by atoms with Crippen LogP contribution in [0.3, 0.4) is 0 Å². The second-order valence-electron chi connectivity index (χ2n) is 9.38. The Balaban J connectivity index is 1.18. The minimum absolute atomic E-state index is 0.286. The van der Waals surface area contributed by atoms with Crippen LogP contribution >= 0.6 is 0 Å². The second kappa shape index (κ2) is 11.8. The molecule has 184 valence electrons. The van der Waals surface area contributed by atoms with Gasteiger partial charge < -0.3 is 15.7 Å². The zero-order chi connectivity index (χ0) is 24.6. The van der Waals surface area contributed by atoms with Crippen molar-refractivity contribution in [3.8, 4) is 17.0 Å². The second-order valence-corrected chi connectivity index (χ2v) is 9.38. The van der Waals surface area contributed by atoms with Gasteiger partial charge in [0.15, 0.2) is 0 Å². The van der Waals surface area contributed by atoms with Gasteiger partial charge in [0.2, 0.25) is 5.95 Å². The van der Waals surface area contributed by atoms with Crippen molar-refractivity contribution < 1.29 is 5.11 Å². The van der Waals surface area contributed by atoms with Gasteiger partial charge in [0.1, 0.15) is 5.75 Å². The minimum atomic E-state index is 0.286. The van der Waals surface area contributed by atoms with Crippen LogP contribution in [0.25, 0.3) is 11.3 Å². The third-order valence-electron chi connectivity index (χ3n) is 6.58. The van der Waals surface area contributed by atoms with E-state index in [9.17, 15) is 5.11 Å². The van der Waals surface area contributed by atoms with E-state index in [1.165, 1.54) is 11.1 Å². The number of hydrogen-bond acceptors (Lipinski definition) is 6. The maximum Gasteiger partial charge on any atom is 0.223 e. The Morgan fingerprint density at radius 2 is 1.75 bits per heavy atom. The fourth-order valence-corrected chi connectivity index (χ4v) is 4.75. The van der Waals surface area contributed by atoms with E-state index in [4.69, 9.17) is 4.98 Å². The summed E-state index contributed by atoms with van der Waals surface area (Å²) in [4.78, 5) is 11.7. The molecule has 0 spiro atoms. The SMILES string of the molecule is Oc1ccc(CCNc2nccc(-c3cccc(CN4CCNC(Cc5ccccc5)C4)c3)n2)cc1. The van der Waals surface area contributed by atoms with Crippen LogP contribution in [-0.4, -0.2) is 52.2 Å². The summed E-state index contributed by atoms with van der Waals surface area (Å²) in [7, 11) is 0. The van der Waals surface area contributed by atoms with E-state index in [2.05, 4.69) is 75.1 Å². The van der Waals surface area contributed by atoms with E-state index in [1.54, 1.807) is 12.1 Å². The van der Waals surface area contributed by atoms with Crippen molar-refractivity contribution in [1.29, 1.82) is 0 Å². The van der Waals surface area contributed by atoms with Gasteiger partial charge in [0.25, 0.3) is 0 Å². The molecule has 3 aromatic carbocycles. The van der Waals surface area contributed by atoms with Crippen LogP contribution in [-0.2, 0) is 19.4 Å². The van der Waals surface area contributed by atoms with Crippen molar-refractivity contribution in [2.75, 3.05) is 31.5 Å². The van der Waals surface area contributed by atoms with Crippen LogP contribution in [0.1, 0.15) is 16.7 Å². The third kappa shape index (κ3) is 6.68. The Bertz CT molecular complexity index is 1250. The van der Waals surface area contributed by atoms with E-state index in [0.29, 0.717) is 12.0 Å². The molecule has 0 radical (unpaired) electrons. The number of phenolic OH excluding ortho intramolecular Hbond substituents is 1. The van der Waals surface area contributed by atoms with Gasteiger partial charge in [0, 0.05) is 50.5 Å². The number of nitrogens with zero attached hydrogens (tertiary/aromatic N) is 3. The lowest BCUT2D eigenvalue weighted by molar-refractivity contribution is 0.192. The molecular formula is C30H33N5O. The smallest absolute Gasteiger partial charge is 0.223 e. The zero-order valence-electron chi connectivity index (χ0n) is 20.5. The van der Waals surface area contributed by atoms with E-state index in [-0.39, 0.29) is 5.75 Å². The number of aromatic nitrogens is 2. The van der Waals surface area contributed by atoms with Gasteiger partial charge in [-0.3, -0.25) is 4.90 Å². The Hall–Kier alpha value is -3.74. The van der Waals surface area contributed by atoms with Crippen molar-refractivity contribution in [2.45, 2.75) is 25.4 Å². The quantitative estimate of drug-likeness (QED) is 0.328. The van der Waals surface area contributed by atoms with Crippen LogP contribution in [0.15, 0.2) is 91.1 Å². The van der Waals surface area contributed by atoms with Crippen LogP contribution in [0.4, 0.5) is 5.95 Å². The lowest BCUT2D eigenvalue weighted by Crippen LogP contribution is -2.51. The summed E-state index contributed by atoms with van der Waals surface area (Å²) in [6.07, 6.45) is 3.70. The zero-order valence-corrected chi connectivity index (χ0v) is 20.5. The van der Waals surface area contributed by atoms with Crippen LogP contribution < -0.4 is 10.6 Å². The summed E-state index contributed by atoms with van der Waals surface area (Å²) in [6, 6.07) is 29.1. The molecule has 3 N–H and O–H groups in total. The Morgan fingerprint density at radius 3 is 2.61 bits per heavy atom. The van der Waals surface area contributed by atoms with Crippen molar-refractivity contribution in [1.82, 2.24) is 20.2 Å². The Labute approximate surface area is 213 Å². The molecule has 1 unspecified atom stereocenters. The largest absolute Gasteiger partial charge is 0.508 e. The molecule has 5 rings (SSSR count). The lowest BCUT2D eigenvalue weighted by Gasteiger charge is -2.34. The topological polar surface area (TPSA) is 73.3 Å². The van der Waals surface area contributed by atoms with Crippen LogP contribution in [0.2, 0.25) is 0 Å². The first kappa shape index (κ1) is 24.0. The normalized spacial score (nSPS) is 16.1. The molecule has 1 saturated heterocycles. The van der Waals surface area contributed by atoms with Crippen molar-refractivity contribution in [3.05, 3.63) is 108 Å². The number of aromatic hydroxyl groups is 1. The maximum atomic E-state index is 9.44. The lowest BCUT2D eigenvalue weighted by atomic mass is 10.0. The molecule has 0 aliphatic carbocycles. The highest BCUT2D eigenvalue weighted by Gasteiger charge is 2.19. The molecule has 6 heteroatoms. The number of piperazine rings is 1. The van der Waals surface area contributed by atoms with Crippen molar-refractivity contribution in [2.24, 2.45) is 0 Å². The van der Waals surface area contributed by atoms with Gasteiger partial charge in [-0.1, -0.05) is 60.7 Å². The first-order valence-corrected chi connectivity index (χ1v) is 12.6. The number of hydrogen-bond donors (Lipinski definition) is 3. The van der Waals surface area contributed by atoms with Crippen molar-refractivity contribution in [3.63, 3.8) is 0 Å². The summed E-state index contributed by atoms with van der Waals surface area (Å²) >= 11 is 0. The highest BCUT2D eigenvalue weighted by molar-refractivity contribution is 5.61. The molecule has 1 atom stereocenters. The number of benzene rings is 3. The monoisotopic (exact) mass is 479 g/mol. The number of phenols is 1. The molecule has 0 saturated carbocycles. The number of anilines is 1. The first-order chi connectivity index (χ1) is 17.7. The molecule has 1 aliphatic heterocycles. The number of nitrogens with one attached hydrogen (secondary N) is 2. The molecule has 0 bridgehead atoms. The van der Waals surface area contributed by atoms with Gasteiger partial charge >= 0.3 is 0 Å². The Kier molecular flexibility index (Phi) is 7.86. The summed E-state index contributed by atoms with van der Waals surface area (Å²) in [6.45, 7) is 4.77. The fraction of sp³-hybridized carbons (Fsp3) is 0.267. The van der Waals surface area contributed by atoms with E-state index in [0.717, 1.165) is 62.4 Å².